The van der Waals surface area contributed by atoms with E-state index >= 15 is 0 Å². The molecule has 1 aliphatic carbocycles. The molecule has 3 rings (SSSR count). The Morgan fingerprint density at radius 2 is 1.75 bits per heavy atom. The first-order valence-corrected chi connectivity index (χ1v) is 6.29. The third-order valence-electron chi connectivity index (χ3n) is 3.14. The Balaban J connectivity index is 2.16. The van der Waals surface area contributed by atoms with E-state index in [4.69, 9.17) is 0 Å². The second kappa shape index (κ2) is 5.09. The summed E-state index contributed by atoms with van der Waals surface area (Å²) >= 11 is 0. The Hall–Kier alpha value is -2.75. The Morgan fingerprint density at radius 3 is 2.45 bits per heavy atom. The van der Waals surface area contributed by atoms with Crippen LogP contribution in [0.2, 0.25) is 0 Å². The second-order valence-electron chi connectivity index (χ2n) is 4.46. The monoisotopic (exact) mass is 264 g/mol. The molecule has 0 bridgehead atoms. The zero-order valence-electron chi connectivity index (χ0n) is 10.6. The molecule has 0 fully saturated rings. The van der Waals surface area contributed by atoms with E-state index in [1.54, 1.807) is 41.1 Å². The summed E-state index contributed by atoms with van der Waals surface area (Å²) in [6.45, 7) is 0. The maximum Gasteiger partial charge on any atom is 0.256 e. The van der Waals surface area contributed by atoms with Gasteiger partial charge in [-0.05, 0) is 30.4 Å². The standard InChI is InChI=1S/C16H12N2O2/c19-13-9-7-12(8-10-13)14-4-3-6-16(20)18(14)15-5-1-2-11-17-15/h1-12H. The molecule has 2 heterocycles. The van der Waals surface area contributed by atoms with E-state index in [9.17, 15) is 9.59 Å². The number of hydrogen-bond donors (Lipinski definition) is 0. The molecule has 4 heteroatoms. The summed E-state index contributed by atoms with van der Waals surface area (Å²) in [6.07, 6.45) is 8.26. The number of aromatic nitrogens is 2. The fourth-order valence-electron chi connectivity index (χ4n) is 2.21. The third-order valence-corrected chi connectivity index (χ3v) is 3.14. The second-order valence-corrected chi connectivity index (χ2v) is 4.46. The maximum atomic E-state index is 12.2. The van der Waals surface area contributed by atoms with Gasteiger partial charge in [0.25, 0.3) is 5.56 Å². The molecule has 2 aromatic heterocycles. The summed E-state index contributed by atoms with van der Waals surface area (Å²) in [4.78, 5) is 27.6. The number of nitrogens with zero attached hydrogens (tertiary/aromatic N) is 2. The highest BCUT2D eigenvalue weighted by atomic mass is 16.1. The van der Waals surface area contributed by atoms with Gasteiger partial charge in [0.2, 0.25) is 0 Å². The summed E-state index contributed by atoms with van der Waals surface area (Å²) in [6, 6.07) is 10.5. The Morgan fingerprint density at radius 1 is 0.950 bits per heavy atom. The van der Waals surface area contributed by atoms with E-state index in [1.165, 1.54) is 18.2 Å². The molecule has 20 heavy (non-hydrogen) atoms. The lowest BCUT2D eigenvalue weighted by molar-refractivity contribution is -0.110. The third kappa shape index (κ3) is 2.23. The first-order chi connectivity index (χ1) is 9.75. The van der Waals surface area contributed by atoms with Crippen LogP contribution in [0.25, 0.3) is 5.82 Å². The largest absolute Gasteiger partial charge is 0.290 e. The molecule has 0 atom stereocenters. The van der Waals surface area contributed by atoms with Gasteiger partial charge in [-0.2, -0.15) is 0 Å². The van der Waals surface area contributed by atoms with Gasteiger partial charge in [-0.3, -0.25) is 14.2 Å². The summed E-state index contributed by atoms with van der Waals surface area (Å²) in [5.41, 5.74) is 0.649. The number of allylic oxidation sites excluding steroid dienone is 4. The van der Waals surface area contributed by atoms with Crippen molar-refractivity contribution in [3.05, 3.63) is 82.9 Å². The van der Waals surface area contributed by atoms with Crippen LogP contribution in [0, 0.1) is 0 Å². The number of rotatable bonds is 2. The average Bonchev–Trinajstić information content (AvgIpc) is 2.49. The van der Waals surface area contributed by atoms with Crippen LogP contribution in [0.4, 0.5) is 0 Å². The van der Waals surface area contributed by atoms with Gasteiger partial charge in [0.1, 0.15) is 5.82 Å². The lowest BCUT2D eigenvalue weighted by Gasteiger charge is -2.17. The molecule has 0 spiro atoms. The van der Waals surface area contributed by atoms with Crippen LogP contribution in [0.3, 0.4) is 0 Å². The lowest BCUT2D eigenvalue weighted by atomic mass is 9.98. The molecule has 0 unspecified atom stereocenters. The number of hydrogen-bond acceptors (Lipinski definition) is 3. The molecule has 0 aliphatic heterocycles. The van der Waals surface area contributed by atoms with Crippen LogP contribution < -0.4 is 5.56 Å². The molecule has 0 radical (unpaired) electrons. The van der Waals surface area contributed by atoms with E-state index in [0.29, 0.717) is 5.82 Å². The van der Waals surface area contributed by atoms with Crippen molar-refractivity contribution in [2.45, 2.75) is 5.92 Å². The van der Waals surface area contributed by atoms with Gasteiger partial charge in [-0.15, -0.1) is 0 Å². The summed E-state index contributed by atoms with van der Waals surface area (Å²) in [7, 11) is 0. The summed E-state index contributed by atoms with van der Waals surface area (Å²) in [5, 5.41) is 0. The van der Waals surface area contributed by atoms with Crippen molar-refractivity contribution in [1.82, 2.24) is 9.55 Å². The van der Waals surface area contributed by atoms with Gasteiger partial charge in [-0.1, -0.05) is 24.3 Å². The highest BCUT2D eigenvalue weighted by Gasteiger charge is 2.15. The zero-order valence-corrected chi connectivity index (χ0v) is 10.6. The van der Waals surface area contributed by atoms with Crippen LogP contribution in [-0.2, 0) is 4.79 Å². The smallest absolute Gasteiger partial charge is 0.256 e. The molecule has 2 aromatic rings. The fraction of sp³-hybridized carbons (Fsp3) is 0.0625. The van der Waals surface area contributed by atoms with E-state index in [-0.39, 0.29) is 17.3 Å². The minimum atomic E-state index is -0.139. The highest BCUT2D eigenvalue weighted by molar-refractivity contribution is 6.00. The highest BCUT2D eigenvalue weighted by Crippen LogP contribution is 2.22. The van der Waals surface area contributed by atoms with Crippen molar-refractivity contribution in [3.63, 3.8) is 0 Å². The topological polar surface area (TPSA) is 52.0 Å². The SMILES string of the molecule is O=C1C=CC(c2cccc(=O)n2-c2ccccn2)C=C1. The van der Waals surface area contributed by atoms with Crippen molar-refractivity contribution in [3.8, 4) is 5.82 Å². The summed E-state index contributed by atoms with van der Waals surface area (Å²) in [5.74, 6) is 0.430. The zero-order chi connectivity index (χ0) is 13.9. The predicted molar refractivity (Wildman–Crippen MR) is 75.9 cm³/mol. The van der Waals surface area contributed by atoms with Crippen LogP contribution in [0.15, 0.2) is 71.7 Å². The van der Waals surface area contributed by atoms with E-state index in [2.05, 4.69) is 4.98 Å². The minimum Gasteiger partial charge on any atom is -0.290 e. The van der Waals surface area contributed by atoms with Crippen LogP contribution in [-0.4, -0.2) is 15.3 Å². The first kappa shape index (κ1) is 12.3. The van der Waals surface area contributed by atoms with E-state index in [0.717, 1.165) is 5.69 Å². The van der Waals surface area contributed by atoms with Crippen molar-refractivity contribution in [2.75, 3.05) is 0 Å². The molecule has 0 N–H and O–H groups in total. The summed E-state index contributed by atoms with van der Waals surface area (Å²) < 4.78 is 1.56. The molecular weight excluding hydrogens is 252 g/mol. The Kier molecular flexibility index (Phi) is 3.13. The van der Waals surface area contributed by atoms with Crippen LogP contribution in [0.1, 0.15) is 11.6 Å². The fourth-order valence-corrected chi connectivity index (χ4v) is 2.21. The Bertz CT molecular complexity index is 742. The van der Waals surface area contributed by atoms with E-state index in [1.807, 2.05) is 12.1 Å². The maximum absolute atomic E-state index is 12.2. The quantitative estimate of drug-likeness (QED) is 0.833. The molecular formula is C16H12N2O2. The van der Waals surface area contributed by atoms with Gasteiger partial charge >= 0.3 is 0 Å². The predicted octanol–water partition coefficient (Wildman–Crippen LogP) is 2.01. The normalized spacial score (nSPS) is 14.7. The molecule has 1 aliphatic rings. The Labute approximate surface area is 115 Å². The number of carbonyl (C=O) groups is 1. The van der Waals surface area contributed by atoms with Crippen LogP contribution >= 0.6 is 0 Å². The van der Waals surface area contributed by atoms with Gasteiger partial charge in [0.15, 0.2) is 5.78 Å². The first-order valence-electron chi connectivity index (χ1n) is 6.29. The lowest BCUT2D eigenvalue weighted by Crippen LogP contribution is -2.23. The molecule has 0 saturated heterocycles. The molecule has 4 nitrogen and oxygen atoms in total. The van der Waals surface area contributed by atoms with Crippen LogP contribution in [0.5, 0.6) is 0 Å². The van der Waals surface area contributed by atoms with E-state index < -0.39 is 0 Å². The number of ketones is 1. The molecule has 0 aromatic carbocycles. The van der Waals surface area contributed by atoms with Crippen molar-refractivity contribution < 1.29 is 4.79 Å². The van der Waals surface area contributed by atoms with Gasteiger partial charge < -0.3 is 0 Å². The van der Waals surface area contributed by atoms with Gasteiger partial charge in [-0.25, -0.2) is 4.98 Å². The van der Waals surface area contributed by atoms with Crippen molar-refractivity contribution in [1.29, 1.82) is 0 Å². The minimum absolute atomic E-state index is 0.0380. The van der Waals surface area contributed by atoms with Gasteiger partial charge in [0, 0.05) is 23.9 Å². The number of carbonyl (C=O) groups excluding carboxylic acids is 1. The molecule has 0 saturated carbocycles. The molecule has 98 valence electrons. The number of pyridine rings is 2. The van der Waals surface area contributed by atoms with Crippen molar-refractivity contribution in [2.24, 2.45) is 0 Å². The van der Waals surface area contributed by atoms with Crippen molar-refractivity contribution >= 4 is 5.78 Å². The van der Waals surface area contributed by atoms with Gasteiger partial charge in [0.05, 0.1) is 0 Å². The average molecular weight is 264 g/mol. The molecule has 0 amide bonds.